The largest absolute Gasteiger partial charge is 0.0752 e. The Morgan fingerprint density at radius 3 is 1.40 bits per heavy atom. The highest BCUT2D eigenvalue weighted by molar-refractivity contribution is 9.09. The molecule has 0 aliphatic carbocycles. The van der Waals surface area contributed by atoms with E-state index in [1.54, 1.807) is 0 Å². The minimum Gasteiger partial charge on any atom is -0.0752 e. The number of halogens is 1. The summed E-state index contributed by atoms with van der Waals surface area (Å²) in [6.45, 7) is 2.18. The van der Waals surface area contributed by atoms with E-state index in [-0.39, 0.29) is 4.32 Å². The Bertz CT molecular complexity index is 376. The van der Waals surface area contributed by atoms with Gasteiger partial charge in [-0.25, -0.2) is 0 Å². The van der Waals surface area contributed by atoms with E-state index in [0.29, 0.717) is 0 Å². The Balaban J connectivity index is 2.44. The molecule has 0 saturated carbocycles. The Morgan fingerprint density at radius 2 is 1.07 bits per heavy atom. The molecule has 0 unspecified atom stereocenters. The molecule has 1 heteroatoms. The van der Waals surface area contributed by atoms with Gasteiger partial charge < -0.3 is 0 Å². The summed E-state index contributed by atoms with van der Waals surface area (Å²) in [6.07, 6.45) is 0. The highest BCUT2D eigenvalue weighted by atomic mass is 79.9. The molecule has 0 aromatic heterocycles. The van der Waals surface area contributed by atoms with Crippen LogP contribution in [-0.2, 0) is 4.32 Å². The fourth-order valence-electron chi connectivity index (χ4n) is 1.67. The molecule has 0 aliphatic heterocycles. The number of alkyl halides is 1. The first-order valence-corrected chi connectivity index (χ1v) is 5.80. The smallest absolute Gasteiger partial charge is 0.0726 e. The van der Waals surface area contributed by atoms with Gasteiger partial charge in [-0.2, -0.15) is 0 Å². The third-order valence-corrected chi connectivity index (χ3v) is 3.55. The second kappa shape index (κ2) is 4.19. The number of hydrogen-bond donors (Lipinski definition) is 0. The molecule has 0 nitrogen and oxygen atoms in total. The van der Waals surface area contributed by atoms with Crippen LogP contribution in [0.25, 0.3) is 0 Å². The van der Waals surface area contributed by atoms with Crippen molar-refractivity contribution < 1.29 is 0 Å². The number of benzene rings is 2. The van der Waals surface area contributed by atoms with Crippen LogP contribution in [0.15, 0.2) is 60.7 Å². The summed E-state index contributed by atoms with van der Waals surface area (Å²) in [7, 11) is 0. The Hall–Kier alpha value is -1.08. The minimum absolute atomic E-state index is 0.102. The van der Waals surface area contributed by atoms with Gasteiger partial charge in [0.25, 0.3) is 0 Å². The highest BCUT2D eigenvalue weighted by Crippen LogP contribution is 2.37. The SMILES string of the molecule is CC(Br)(c1ccccc1)c1ccccc1. The lowest BCUT2D eigenvalue weighted by Gasteiger charge is -2.23. The molecule has 0 spiro atoms. The van der Waals surface area contributed by atoms with Crippen LogP contribution in [0.2, 0.25) is 0 Å². The number of rotatable bonds is 2. The maximum Gasteiger partial charge on any atom is 0.0726 e. The van der Waals surface area contributed by atoms with E-state index in [2.05, 4.69) is 71.4 Å². The summed E-state index contributed by atoms with van der Waals surface area (Å²) >= 11 is 3.80. The first-order valence-electron chi connectivity index (χ1n) is 5.01. The lowest BCUT2D eigenvalue weighted by atomic mass is 9.93. The van der Waals surface area contributed by atoms with E-state index in [4.69, 9.17) is 0 Å². The van der Waals surface area contributed by atoms with Crippen molar-refractivity contribution in [1.29, 1.82) is 0 Å². The van der Waals surface area contributed by atoms with Gasteiger partial charge in [-0.05, 0) is 18.1 Å². The summed E-state index contributed by atoms with van der Waals surface area (Å²) in [4.78, 5) is 0. The predicted octanol–water partition coefficient (Wildman–Crippen LogP) is 4.35. The third kappa shape index (κ3) is 2.13. The molecule has 0 aliphatic rings. The van der Waals surface area contributed by atoms with E-state index >= 15 is 0 Å². The van der Waals surface area contributed by atoms with Crippen LogP contribution >= 0.6 is 15.9 Å². The molecule has 0 radical (unpaired) electrons. The zero-order valence-electron chi connectivity index (χ0n) is 8.65. The summed E-state index contributed by atoms with van der Waals surface area (Å²) in [5.74, 6) is 0. The molecular weight excluding hydrogens is 248 g/mol. The fourth-order valence-corrected chi connectivity index (χ4v) is 2.20. The summed E-state index contributed by atoms with van der Waals surface area (Å²) in [6, 6.07) is 20.9. The molecule has 0 heterocycles. The Kier molecular flexibility index (Phi) is 2.92. The van der Waals surface area contributed by atoms with E-state index in [0.717, 1.165) is 0 Å². The predicted molar refractivity (Wildman–Crippen MR) is 68.3 cm³/mol. The monoisotopic (exact) mass is 260 g/mol. The quantitative estimate of drug-likeness (QED) is 0.705. The van der Waals surface area contributed by atoms with Crippen LogP contribution in [0.3, 0.4) is 0 Å². The van der Waals surface area contributed by atoms with Crippen LogP contribution in [0.4, 0.5) is 0 Å². The minimum atomic E-state index is -0.102. The maximum absolute atomic E-state index is 3.80. The van der Waals surface area contributed by atoms with E-state index in [9.17, 15) is 0 Å². The van der Waals surface area contributed by atoms with Crippen LogP contribution in [0, 0.1) is 0 Å². The molecular formula is C14H13Br. The zero-order valence-corrected chi connectivity index (χ0v) is 10.2. The van der Waals surface area contributed by atoms with Crippen LogP contribution < -0.4 is 0 Å². The molecule has 2 rings (SSSR count). The molecule has 76 valence electrons. The fraction of sp³-hybridized carbons (Fsp3) is 0.143. The van der Waals surface area contributed by atoms with Crippen LogP contribution in [-0.4, -0.2) is 0 Å². The Morgan fingerprint density at radius 1 is 0.733 bits per heavy atom. The van der Waals surface area contributed by atoms with Crippen molar-refractivity contribution in [1.82, 2.24) is 0 Å². The maximum atomic E-state index is 3.80. The lowest BCUT2D eigenvalue weighted by molar-refractivity contribution is 0.860. The Labute approximate surface area is 99.1 Å². The number of hydrogen-bond acceptors (Lipinski definition) is 0. The average molecular weight is 261 g/mol. The molecule has 0 bridgehead atoms. The van der Waals surface area contributed by atoms with Crippen molar-refractivity contribution in [3.8, 4) is 0 Å². The standard InChI is InChI=1S/C14H13Br/c1-14(15,12-8-4-2-5-9-12)13-10-6-3-7-11-13/h2-11H,1H3. The van der Waals surface area contributed by atoms with E-state index < -0.39 is 0 Å². The first kappa shape index (κ1) is 10.4. The summed E-state index contributed by atoms with van der Waals surface area (Å²) in [5.41, 5.74) is 2.55. The van der Waals surface area contributed by atoms with Gasteiger partial charge in [0.2, 0.25) is 0 Å². The highest BCUT2D eigenvalue weighted by Gasteiger charge is 2.24. The van der Waals surface area contributed by atoms with Gasteiger partial charge in [-0.15, -0.1) is 0 Å². The van der Waals surface area contributed by atoms with Crippen LogP contribution in [0.5, 0.6) is 0 Å². The molecule has 15 heavy (non-hydrogen) atoms. The van der Waals surface area contributed by atoms with Crippen molar-refractivity contribution in [2.45, 2.75) is 11.2 Å². The second-order valence-electron chi connectivity index (χ2n) is 3.74. The lowest BCUT2D eigenvalue weighted by Crippen LogP contribution is -2.14. The van der Waals surface area contributed by atoms with E-state index in [1.165, 1.54) is 11.1 Å². The van der Waals surface area contributed by atoms with Gasteiger partial charge in [0, 0.05) is 0 Å². The van der Waals surface area contributed by atoms with Gasteiger partial charge in [0.15, 0.2) is 0 Å². The molecule has 0 saturated heterocycles. The van der Waals surface area contributed by atoms with Crippen molar-refractivity contribution >= 4 is 15.9 Å². The van der Waals surface area contributed by atoms with Crippen LogP contribution in [0.1, 0.15) is 18.1 Å². The van der Waals surface area contributed by atoms with Gasteiger partial charge in [-0.3, -0.25) is 0 Å². The molecule has 0 atom stereocenters. The van der Waals surface area contributed by atoms with Gasteiger partial charge in [0.05, 0.1) is 4.32 Å². The van der Waals surface area contributed by atoms with Gasteiger partial charge in [-0.1, -0.05) is 76.6 Å². The van der Waals surface area contributed by atoms with Crippen molar-refractivity contribution in [3.63, 3.8) is 0 Å². The molecule has 2 aromatic carbocycles. The normalized spacial score (nSPS) is 11.3. The molecule has 0 fully saturated rings. The van der Waals surface area contributed by atoms with Crippen molar-refractivity contribution in [3.05, 3.63) is 71.8 Å². The molecule has 2 aromatic rings. The average Bonchev–Trinajstić information content (AvgIpc) is 2.31. The van der Waals surface area contributed by atoms with Crippen molar-refractivity contribution in [2.75, 3.05) is 0 Å². The molecule has 0 amide bonds. The third-order valence-electron chi connectivity index (χ3n) is 2.63. The molecule has 0 N–H and O–H groups in total. The van der Waals surface area contributed by atoms with E-state index in [1.807, 2.05) is 12.1 Å². The first-order chi connectivity index (χ1) is 7.21. The van der Waals surface area contributed by atoms with Gasteiger partial charge >= 0.3 is 0 Å². The summed E-state index contributed by atoms with van der Waals surface area (Å²) < 4.78 is -0.102. The summed E-state index contributed by atoms with van der Waals surface area (Å²) in [5, 5.41) is 0. The second-order valence-corrected chi connectivity index (χ2v) is 5.32. The zero-order chi connectivity index (χ0) is 10.7. The topological polar surface area (TPSA) is 0 Å². The van der Waals surface area contributed by atoms with Crippen molar-refractivity contribution in [2.24, 2.45) is 0 Å². The van der Waals surface area contributed by atoms with Gasteiger partial charge in [0.1, 0.15) is 0 Å².